The zero-order chi connectivity index (χ0) is 17.3. The highest BCUT2D eigenvalue weighted by Crippen LogP contribution is 2.42. The standard InChI is InChI=1S/C19H22N2O3/c1-13-11-15-17(12-16(13)22)24-18(14-7-5-4-6-8-14)19(23)21(15)10-9-20(2)3/h4-8,11-12,18,22H,9-10H2,1-3H3/t18-/m0/s1. The summed E-state index contributed by atoms with van der Waals surface area (Å²) in [5, 5.41) is 10.0. The largest absolute Gasteiger partial charge is 0.508 e. The Kier molecular flexibility index (Phi) is 4.44. The number of aryl methyl sites for hydroxylation is 1. The van der Waals surface area contributed by atoms with Crippen LogP contribution in [0.3, 0.4) is 0 Å². The summed E-state index contributed by atoms with van der Waals surface area (Å²) in [7, 11) is 3.95. The number of benzene rings is 2. The number of phenols is 1. The molecule has 0 bridgehead atoms. The van der Waals surface area contributed by atoms with E-state index in [9.17, 15) is 9.90 Å². The van der Waals surface area contributed by atoms with Crippen molar-refractivity contribution in [1.82, 2.24) is 4.90 Å². The third-order valence-electron chi connectivity index (χ3n) is 4.18. The van der Waals surface area contributed by atoms with Crippen LogP contribution < -0.4 is 9.64 Å². The predicted molar refractivity (Wildman–Crippen MR) is 93.6 cm³/mol. The zero-order valence-corrected chi connectivity index (χ0v) is 14.2. The molecular weight excluding hydrogens is 304 g/mol. The van der Waals surface area contributed by atoms with Crippen LogP contribution in [-0.4, -0.2) is 43.1 Å². The van der Waals surface area contributed by atoms with E-state index in [1.807, 2.05) is 56.3 Å². The molecule has 1 aliphatic heterocycles. The van der Waals surface area contributed by atoms with Crippen LogP contribution in [0.1, 0.15) is 17.2 Å². The first-order valence-corrected chi connectivity index (χ1v) is 7.98. The number of carbonyl (C=O) groups excluding carboxylic acids is 1. The fourth-order valence-electron chi connectivity index (χ4n) is 2.77. The van der Waals surface area contributed by atoms with Crippen molar-refractivity contribution in [2.24, 2.45) is 0 Å². The molecule has 0 fully saturated rings. The third-order valence-corrected chi connectivity index (χ3v) is 4.18. The molecule has 0 radical (unpaired) electrons. The summed E-state index contributed by atoms with van der Waals surface area (Å²) in [4.78, 5) is 16.8. The number of carbonyl (C=O) groups is 1. The second-order valence-corrected chi connectivity index (χ2v) is 6.31. The monoisotopic (exact) mass is 326 g/mol. The molecular formula is C19H22N2O3. The van der Waals surface area contributed by atoms with Crippen molar-refractivity contribution in [2.75, 3.05) is 32.1 Å². The van der Waals surface area contributed by atoms with Crippen LogP contribution in [0.2, 0.25) is 0 Å². The molecule has 2 aromatic carbocycles. The Morgan fingerprint density at radius 2 is 1.92 bits per heavy atom. The van der Waals surface area contributed by atoms with Gasteiger partial charge in [-0.25, -0.2) is 0 Å². The van der Waals surface area contributed by atoms with Crippen LogP contribution in [0.4, 0.5) is 5.69 Å². The number of amides is 1. The predicted octanol–water partition coefficient (Wildman–Crippen LogP) is 2.73. The minimum absolute atomic E-state index is 0.0827. The molecule has 5 heteroatoms. The van der Waals surface area contributed by atoms with Gasteiger partial charge < -0.3 is 19.6 Å². The van der Waals surface area contributed by atoms with Crippen LogP contribution in [-0.2, 0) is 4.79 Å². The molecule has 1 N–H and O–H groups in total. The highest BCUT2D eigenvalue weighted by atomic mass is 16.5. The van der Waals surface area contributed by atoms with Crippen molar-refractivity contribution >= 4 is 11.6 Å². The van der Waals surface area contributed by atoms with Crippen molar-refractivity contribution in [3.8, 4) is 11.5 Å². The van der Waals surface area contributed by atoms with Crippen LogP contribution in [0.5, 0.6) is 11.5 Å². The number of ether oxygens (including phenoxy) is 1. The Hall–Kier alpha value is -2.53. The van der Waals surface area contributed by atoms with Crippen LogP contribution in [0.25, 0.3) is 0 Å². The van der Waals surface area contributed by atoms with Gasteiger partial charge in [-0.05, 0) is 32.6 Å². The zero-order valence-electron chi connectivity index (χ0n) is 14.2. The fourth-order valence-corrected chi connectivity index (χ4v) is 2.77. The van der Waals surface area contributed by atoms with E-state index in [4.69, 9.17) is 4.74 Å². The Morgan fingerprint density at radius 3 is 2.58 bits per heavy atom. The minimum Gasteiger partial charge on any atom is -0.508 e. The van der Waals surface area contributed by atoms with Crippen molar-refractivity contribution in [3.05, 3.63) is 53.6 Å². The van der Waals surface area contributed by atoms with Crippen LogP contribution >= 0.6 is 0 Å². The Labute approximate surface area is 142 Å². The van der Waals surface area contributed by atoms with Crippen molar-refractivity contribution in [2.45, 2.75) is 13.0 Å². The normalized spacial score (nSPS) is 16.9. The van der Waals surface area contributed by atoms with Gasteiger partial charge >= 0.3 is 0 Å². The summed E-state index contributed by atoms with van der Waals surface area (Å²) in [6, 6.07) is 12.8. The molecule has 0 spiro atoms. The van der Waals surface area contributed by atoms with Gasteiger partial charge in [-0.2, -0.15) is 0 Å². The second kappa shape index (κ2) is 6.53. The Morgan fingerprint density at radius 1 is 1.21 bits per heavy atom. The maximum Gasteiger partial charge on any atom is 0.272 e. The van der Waals surface area contributed by atoms with E-state index in [1.165, 1.54) is 0 Å². The van der Waals surface area contributed by atoms with Gasteiger partial charge in [-0.3, -0.25) is 4.79 Å². The molecule has 24 heavy (non-hydrogen) atoms. The number of likely N-dealkylation sites (N-methyl/N-ethyl adjacent to an activating group) is 1. The molecule has 2 aromatic rings. The topological polar surface area (TPSA) is 53.0 Å². The summed E-state index contributed by atoms with van der Waals surface area (Å²) in [6.07, 6.45) is -0.692. The van der Waals surface area contributed by atoms with E-state index in [2.05, 4.69) is 0 Å². The number of hydrogen-bond donors (Lipinski definition) is 1. The first-order valence-electron chi connectivity index (χ1n) is 7.98. The molecule has 0 saturated heterocycles. The molecule has 5 nitrogen and oxygen atoms in total. The van der Waals surface area contributed by atoms with Gasteiger partial charge in [-0.15, -0.1) is 0 Å². The molecule has 1 amide bonds. The Balaban J connectivity index is 2.03. The van der Waals surface area contributed by atoms with Gasteiger partial charge in [-0.1, -0.05) is 30.3 Å². The summed E-state index contributed by atoms with van der Waals surface area (Å²) in [6.45, 7) is 3.12. The highest BCUT2D eigenvalue weighted by molar-refractivity contribution is 6.00. The maximum atomic E-state index is 13.0. The van der Waals surface area contributed by atoms with Gasteiger partial charge in [0.05, 0.1) is 5.69 Å². The number of fused-ring (bicyclic) bond motifs is 1. The van der Waals surface area contributed by atoms with Crippen molar-refractivity contribution in [3.63, 3.8) is 0 Å². The molecule has 1 aliphatic rings. The SMILES string of the molecule is Cc1cc2c(cc1O)O[C@@H](c1ccccc1)C(=O)N2CCN(C)C. The van der Waals surface area contributed by atoms with E-state index in [0.717, 1.165) is 17.7 Å². The second-order valence-electron chi connectivity index (χ2n) is 6.31. The number of phenolic OH excluding ortho intramolecular Hbond substituents is 1. The minimum atomic E-state index is -0.692. The van der Waals surface area contributed by atoms with E-state index in [0.29, 0.717) is 18.0 Å². The quantitative estimate of drug-likeness (QED) is 0.939. The number of anilines is 1. The Bertz CT molecular complexity index is 744. The molecule has 0 saturated carbocycles. The van der Waals surface area contributed by atoms with Gasteiger partial charge in [0.25, 0.3) is 5.91 Å². The van der Waals surface area contributed by atoms with Crippen LogP contribution in [0.15, 0.2) is 42.5 Å². The lowest BCUT2D eigenvalue weighted by atomic mass is 10.0. The summed E-state index contributed by atoms with van der Waals surface area (Å²) in [5.41, 5.74) is 2.24. The molecule has 126 valence electrons. The van der Waals surface area contributed by atoms with E-state index in [-0.39, 0.29) is 11.7 Å². The summed E-state index contributed by atoms with van der Waals surface area (Å²) in [5.74, 6) is 0.619. The van der Waals surface area contributed by atoms with Gasteiger partial charge in [0.1, 0.15) is 11.5 Å². The lowest BCUT2D eigenvalue weighted by Crippen LogP contribution is -2.44. The number of hydrogen-bond acceptors (Lipinski definition) is 4. The van der Waals surface area contributed by atoms with E-state index in [1.54, 1.807) is 17.0 Å². The van der Waals surface area contributed by atoms with Gasteiger partial charge in [0.15, 0.2) is 0 Å². The molecule has 3 rings (SSSR count). The average molecular weight is 326 g/mol. The third kappa shape index (κ3) is 3.08. The van der Waals surface area contributed by atoms with Crippen molar-refractivity contribution < 1.29 is 14.6 Å². The number of nitrogens with zero attached hydrogens (tertiary/aromatic N) is 2. The first kappa shape index (κ1) is 16.3. The number of rotatable bonds is 4. The highest BCUT2D eigenvalue weighted by Gasteiger charge is 2.35. The van der Waals surface area contributed by atoms with E-state index < -0.39 is 6.10 Å². The average Bonchev–Trinajstić information content (AvgIpc) is 2.56. The molecule has 0 unspecified atom stereocenters. The molecule has 0 aliphatic carbocycles. The van der Waals surface area contributed by atoms with Crippen LogP contribution in [0, 0.1) is 6.92 Å². The first-order chi connectivity index (χ1) is 11.5. The fraction of sp³-hybridized carbons (Fsp3) is 0.316. The van der Waals surface area contributed by atoms with Crippen molar-refractivity contribution in [1.29, 1.82) is 0 Å². The number of aromatic hydroxyl groups is 1. The maximum absolute atomic E-state index is 13.0. The molecule has 0 aromatic heterocycles. The smallest absolute Gasteiger partial charge is 0.272 e. The lowest BCUT2D eigenvalue weighted by Gasteiger charge is -2.35. The van der Waals surface area contributed by atoms with Gasteiger partial charge in [0, 0.05) is 24.7 Å². The summed E-state index contributed by atoms with van der Waals surface area (Å²) < 4.78 is 5.94. The molecule has 1 heterocycles. The summed E-state index contributed by atoms with van der Waals surface area (Å²) >= 11 is 0. The van der Waals surface area contributed by atoms with Gasteiger partial charge in [0.2, 0.25) is 6.10 Å². The lowest BCUT2D eigenvalue weighted by molar-refractivity contribution is -0.126. The molecule has 1 atom stereocenters. The van der Waals surface area contributed by atoms with E-state index >= 15 is 0 Å².